The van der Waals surface area contributed by atoms with Crippen molar-refractivity contribution in [2.75, 3.05) is 32.1 Å². The van der Waals surface area contributed by atoms with E-state index in [2.05, 4.69) is 32.1 Å². The molecule has 1 aromatic heterocycles. The molecule has 1 heterocycles. The van der Waals surface area contributed by atoms with Crippen molar-refractivity contribution in [1.29, 1.82) is 0 Å². The first-order valence-corrected chi connectivity index (χ1v) is 16.2. The van der Waals surface area contributed by atoms with Crippen LogP contribution in [-0.2, 0) is 17.8 Å². The molecule has 0 spiro atoms. The molecule has 5 N–H and O–H groups in total. The molecule has 5 rings (SSSR count). The zero-order valence-electron chi connectivity index (χ0n) is 27.0. The molecule has 0 bridgehead atoms. The summed E-state index contributed by atoms with van der Waals surface area (Å²) in [5.41, 5.74) is 11.8. The summed E-state index contributed by atoms with van der Waals surface area (Å²) in [6.07, 6.45) is 15.1. The Morgan fingerprint density at radius 2 is 1.52 bits per heavy atom. The van der Waals surface area contributed by atoms with Crippen LogP contribution in [0.25, 0.3) is 11.1 Å². The van der Waals surface area contributed by atoms with Gasteiger partial charge in [-0.1, -0.05) is 80.5 Å². The number of amides is 1. The zero-order valence-corrected chi connectivity index (χ0v) is 27.0. The molecule has 3 aromatic rings. The summed E-state index contributed by atoms with van der Waals surface area (Å²) in [7, 11) is 1.72. The quantitative estimate of drug-likeness (QED) is 0.177. The number of methoxy groups -OCH3 is 1. The van der Waals surface area contributed by atoms with E-state index >= 15 is 0 Å². The van der Waals surface area contributed by atoms with Crippen LogP contribution in [0.3, 0.4) is 0 Å². The summed E-state index contributed by atoms with van der Waals surface area (Å²) in [5.74, 6) is 1.31. The normalized spacial score (nSPS) is 13.7. The number of carbonyl (C=O) groups is 1. The van der Waals surface area contributed by atoms with Crippen LogP contribution in [0.2, 0.25) is 0 Å². The van der Waals surface area contributed by atoms with E-state index in [1.165, 1.54) is 57.8 Å². The summed E-state index contributed by atoms with van der Waals surface area (Å²) in [4.78, 5) is 21.2. The minimum absolute atomic E-state index is 0.133. The number of hydrogen-bond acceptors (Lipinski definition) is 7. The van der Waals surface area contributed by atoms with Crippen LogP contribution in [0.15, 0.2) is 66.4 Å². The molecule has 2 aliphatic carbocycles. The molecule has 2 aliphatic rings. The van der Waals surface area contributed by atoms with Gasteiger partial charge in [-0.25, -0.2) is 9.97 Å². The van der Waals surface area contributed by atoms with Gasteiger partial charge in [0.25, 0.3) is 5.91 Å². The second-order valence-corrected chi connectivity index (χ2v) is 11.2. The van der Waals surface area contributed by atoms with Crippen LogP contribution in [0.4, 0.5) is 5.82 Å². The number of nitrogens with one attached hydrogen (secondary N) is 3. The SMILES string of the molecule is C1CCCCC1.CCNc1cc(CNC(=O)c2ccc(-c3ccc(CN)cc3)cc2)nc(C)n1.COCCNC=C1CCC1. The van der Waals surface area contributed by atoms with Gasteiger partial charge in [0.05, 0.1) is 18.8 Å². The summed E-state index contributed by atoms with van der Waals surface area (Å²) >= 11 is 0. The molecule has 1 amide bonds. The van der Waals surface area contributed by atoms with E-state index in [0.29, 0.717) is 24.5 Å². The fraction of sp³-hybridized carbons (Fsp3) is 0.472. The van der Waals surface area contributed by atoms with E-state index in [1.54, 1.807) is 12.7 Å². The van der Waals surface area contributed by atoms with Gasteiger partial charge in [-0.3, -0.25) is 4.79 Å². The molecule has 0 unspecified atom stereocenters. The Morgan fingerprint density at radius 1 is 0.909 bits per heavy atom. The molecule has 0 radical (unpaired) electrons. The van der Waals surface area contributed by atoms with Crippen molar-refractivity contribution in [1.82, 2.24) is 20.6 Å². The number of allylic oxidation sites excluding steroid dienone is 1. The van der Waals surface area contributed by atoms with E-state index in [-0.39, 0.29) is 5.91 Å². The number of anilines is 1. The lowest BCUT2D eigenvalue weighted by Gasteiger charge is -2.15. The van der Waals surface area contributed by atoms with Crippen molar-refractivity contribution < 1.29 is 9.53 Å². The predicted molar refractivity (Wildman–Crippen MR) is 181 cm³/mol. The summed E-state index contributed by atoms with van der Waals surface area (Å²) in [5, 5.41) is 9.28. The topological polar surface area (TPSA) is 114 Å². The first-order chi connectivity index (χ1) is 21.5. The third-order valence-electron chi connectivity index (χ3n) is 7.60. The van der Waals surface area contributed by atoms with Gasteiger partial charge in [0.2, 0.25) is 0 Å². The number of nitrogens with two attached hydrogens (primary N) is 1. The smallest absolute Gasteiger partial charge is 0.251 e. The molecule has 2 fully saturated rings. The number of hydrogen-bond donors (Lipinski definition) is 4. The van der Waals surface area contributed by atoms with Crippen LogP contribution in [0.1, 0.15) is 92.2 Å². The van der Waals surface area contributed by atoms with Gasteiger partial charge in [-0.05, 0) is 68.1 Å². The fourth-order valence-corrected chi connectivity index (χ4v) is 4.88. The highest BCUT2D eigenvalue weighted by Crippen LogP contribution is 2.24. The van der Waals surface area contributed by atoms with Crippen molar-refractivity contribution >= 4 is 11.7 Å². The van der Waals surface area contributed by atoms with Gasteiger partial charge in [-0.2, -0.15) is 0 Å². The number of rotatable bonds is 11. The van der Waals surface area contributed by atoms with E-state index < -0.39 is 0 Å². The largest absolute Gasteiger partial charge is 0.389 e. The Kier molecular flexibility index (Phi) is 16.0. The molecular weight excluding hydrogens is 548 g/mol. The Labute approximate surface area is 264 Å². The van der Waals surface area contributed by atoms with Gasteiger partial charge in [0.1, 0.15) is 11.6 Å². The maximum absolute atomic E-state index is 12.5. The molecule has 8 heteroatoms. The highest BCUT2D eigenvalue weighted by molar-refractivity contribution is 5.94. The van der Waals surface area contributed by atoms with Crippen molar-refractivity contribution in [2.45, 2.75) is 84.7 Å². The second-order valence-electron chi connectivity index (χ2n) is 11.2. The lowest BCUT2D eigenvalue weighted by Crippen LogP contribution is -2.23. The van der Waals surface area contributed by atoms with Crippen molar-refractivity contribution in [3.63, 3.8) is 0 Å². The lowest BCUT2D eigenvalue weighted by molar-refractivity contribution is 0.0950. The van der Waals surface area contributed by atoms with Crippen LogP contribution in [0.5, 0.6) is 0 Å². The number of benzene rings is 2. The molecule has 238 valence electrons. The highest BCUT2D eigenvalue weighted by Gasteiger charge is 2.08. The average Bonchev–Trinajstić information content (AvgIpc) is 3.04. The van der Waals surface area contributed by atoms with Gasteiger partial charge in [0, 0.05) is 38.4 Å². The van der Waals surface area contributed by atoms with Crippen LogP contribution >= 0.6 is 0 Å². The standard InChI is InChI=1S/C22H25N5O.C8H15NO.C6H12/c1-3-24-21-12-20(26-15(2)27-21)14-25-22(28)19-10-8-18(9-11-19)17-6-4-16(13-23)5-7-17;1-10-6-5-9-7-8-3-2-4-8;1-2-4-6-5-3-1/h4-12H,3,13-14,23H2,1-2H3,(H,25,28)(H,24,26,27);7,9H,2-6H2,1H3;1-6H2. The van der Waals surface area contributed by atoms with Crippen molar-refractivity contribution in [3.8, 4) is 11.1 Å². The van der Waals surface area contributed by atoms with Crippen molar-refractivity contribution in [2.24, 2.45) is 5.73 Å². The number of ether oxygens (including phenoxy) is 1. The molecule has 2 saturated carbocycles. The Morgan fingerprint density at radius 3 is 2.05 bits per heavy atom. The van der Waals surface area contributed by atoms with E-state index in [4.69, 9.17) is 10.5 Å². The minimum Gasteiger partial charge on any atom is -0.389 e. The number of carbonyl (C=O) groups excluding carboxylic acids is 1. The maximum atomic E-state index is 12.5. The third-order valence-corrected chi connectivity index (χ3v) is 7.60. The maximum Gasteiger partial charge on any atom is 0.251 e. The summed E-state index contributed by atoms with van der Waals surface area (Å²) in [6, 6.07) is 17.5. The molecule has 0 atom stereocenters. The Balaban J connectivity index is 0.000000268. The van der Waals surface area contributed by atoms with Gasteiger partial charge in [-0.15, -0.1) is 0 Å². The average molecular weight is 601 g/mol. The molecule has 0 aliphatic heterocycles. The monoisotopic (exact) mass is 600 g/mol. The third kappa shape index (κ3) is 12.9. The predicted octanol–water partition coefficient (Wildman–Crippen LogP) is 6.90. The Hall–Kier alpha value is -3.75. The minimum atomic E-state index is -0.133. The van der Waals surface area contributed by atoms with Crippen LogP contribution < -0.4 is 21.7 Å². The lowest BCUT2D eigenvalue weighted by atomic mass is 9.94. The highest BCUT2D eigenvalue weighted by atomic mass is 16.5. The fourth-order valence-electron chi connectivity index (χ4n) is 4.88. The number of nitrogens with zero attached hydrogens (tertiary/aromatic N) is 2. The number of aryl methyl sites for hydroxylation is 1. The summed E-state index contributed by atoms with van der Waals surface area (Å²) < 4.78 is 4.88. The van der Waals surface area contributed by atoms with Gasteiger partial charge in [0.15, 0.2) is 0 Å². The zero-order chi connectivity index (χ0) is 31.4. The van der Waals surface area contributed by atoms with E-state index in [1.807, 2.05) is 68.4 Å². The van der Waals surface area contributed by atoms with E-state index in [9.17, 15) is 4.79 Å². The van der Waals surface area contributed by atoms with Crippen LogP contribution in [0, 0.1) is 6.92 Å². The van der Waals surface area contributed by atoms with E-state index in [0.717, 1.165) is 47.9 Å². The first kappa shape index (κ1) is 34.7. The molecule has 2 aromatic carbocycles. The van der Waals surface area contributed by atoms with Crippen molar-refractivity contribution in [3.05, 3.63) is 89.0 Å². The molecule has 8 nitrogen and oxygen atoms in total. The van der Waals surface area contributed by atoms with Gasteiger partial charge < -0.3 is 26.4 Å². The number of aromatic nitrogens is 2. The molecule has 44 heavy (non-hydrogen) atoms. The Bertz CT molecular complexity index is 1250. The molecular formula is C36H52N6O2. The van der Waals surface area contributed by atoms with Gasteiger partial charge >= 0.3 is 0 Å². The first-order valence-electron chi connectivity index (χ1n) is 16.2. The molecule has 0 saturated heterocycles. The summed E-state index contributed by atoms with van der Waals surface area (Å²) in [6.45, 7) is 7.23. The second kappa shape index (κ2) is 20.3. The van der Waals surface area contributed by atoms with Crippen LogP contribution in [-0.4, -0.2) is 42.7 Å².